The van der Waals surface area contributed by atoms with Gasteiger partial charge >= 0.3 is 0 Å². The predicted molar refractivity (Wildman–Crippen MR) is 76.5 cm³/mol. The van der Waals surface area contributed by atoms with E-state index in [1.807, 2.05) is 30.3 Å². The van der Waals surface area contributed by atoms with Crippen LogP contribution in [-0.2, 0) is 0 Å². The molecule has 0 fully saturated rings. The highest BCUT2D eigenvalue weighted by molar-refractivity contribution is 5.93. The molecule has 1 aromatic heterocycles. The fourth-order valence-corrected chi connectivity index (χ4v) is 2.09. The number of fused-ring (bicyclic) bond motifs is 1. The van der Waals surface area contributed by atoms with Gasteiger partial charge < -0.3 is 5.84 Å². The zero-order valence-corrected chi connectivity index (χ0v) is 10.4. The van der Waals surface area contributed by atoms with Gasteiger partial charge in [0.05, 0.1) is 16.8 Å². The minimum Gasteiger partial charge on any atom is -0.305 e. The summed E-state index contributed by atoms with van der Waals surface area (Å²) in [5.41, 5.74) is 2.06. The zero-order valence-electron chi connectivity index (χ0n) is 10.4. The summed E-state index contributed by atoms with van der Waals surface area (Å²) in [6.07, 6.45) is 0. The summed E-state index contributed by atoms with van der Waals surface area (Å²) < 4.78 is 0. The molecule has 98 valence electrons. The number of nitrogens with zero attached hydrogens (tertiary/aromatic N) is 3. The summed E-state index contributed by atoms with van der Waals surface area (Å²) in [6, 6.07) is 14.6. The first-order valence-corrected chi connectivity index (χ1v) is 5.98. The Labute approximate surface area is 113 Å². The lowest BCUT2D eigenvalue weighted by Gasteiger charge is -2.04. The van der Waals surface area contributed by atoms with Gasteiger partial charge in [0.1, 0.15) is 0 Å². The van der Waals surface area contributed by atoms with Crippen molar-refractivity contribution in [2.24, 2.45) is 16.2 Å². The quantitative estimate of drug-likeness (QED) is 0.423. The van der Waals surface area contributed by atoms with Crippen LogP contribution >= 0.6 is 0 Å². The number of aromatic nitrogens is 2. The average Bonchev–Trinajstić information content (AvgIpc) is 2.49. The van der Waals surface area contributed by atoms with Gasteiger partial charge in [-0.2, -0.15) is 5.10 Å². The van der Waals surface area contributed by atoms with Crippen molar-refractivity contribution in [2.45, 2.75) is 0 Å². The normalized spacial score (nSPS) is 11.2. The Morgan fingerprint density at radius 3 is 2.40 bits per heavy atom. The average molecular weight is 265 g/mol. The molecule has 0 bridgehead atoms. The number of nitrogens with two attached hydrogens (primary N) is 1. The Morgan fingerprint density at radius 1 is 1.00 bits per heavy atom. The van der Waals surface area contributed by atoms with E-state index in [9.17, 15) is 4.79 Å². The van der Waals surface area contributed by atoms with Crippen molar-refractivity contribution in [3.63, 3.8) is 0 Å². The van der Waals surface area contributed by atoms with Gasteiger partial charge in [-0.05, 0) is 18.2 Å². The second-order valence-corrected chi connectivity index (χ2v) is 4.21. The molecule has 20 heavy (non-hydrogen) atoms. The van der Waals surface area contributed by atoms with Crippen molar-refractivity contribution in [2.75, 3.05) is 0 Å². The van der Waals surface area contributed by atoms with Crippen LogP contribution in [0, 0.1) is 0 Å². The Morgan fingerprint density at radius 2 is 1.70 bits per heavy atom. The molecule has 3 N–H and O–H groups in total. The van der Waals surface area contributed by atoms with Gasteiger partial charge in [0.25, 0.3) is 5.56 Å². The highest BCUT2D eigenvalue weighted by Gasteiger charge is 2.07. The number of hydrogen-bond acceptors (Lipinski definition) is 4. The van der Waals surface area contributed by atoms with Crippen molar-refractivity contribution in [3.8, 4) is 11.3 Å². The van der Waals surface area contributed by atoms with Crippen LogP contribution in [0.2, 0.25) is 0 Å². The molecule has 1 heterocycles. The molecule has 0 radical (unpaired) electrons. The van der Waals surface area contributed by atoms with E-state index in [-0.39, 0.29) is 5.56 Å². The zero-order chi connectivity index (χ0) is 13.9. The molecular formula is C14H11N5O. The molecule has 6 nitrogen and oxygen atoms in total. The highest BCUT2D eigenvalue weighted by Crippen LogP contribution is 2.25. The standard InChI is InChI=1S/C14H11N5O/c15-19-16-10-7-5-9(6-8-10)13-11-3-1-2-4-12(11)14(20)18-17-13/h1-8H,(H2,15,16)(H,18,20). The molecule has 0 saturated heterocycles. The number of H-pyrrole nitrogens is 1. The minimum atomic E-state index is -0.196. The van der Waals surface area contributed by atoms with Gasteiger partial charge in [0.2, 0.25) is 0 Å². The number of nitrogens with one attached hydrogen (secondary N) is 1. The summed E-state index contributed by atoms with van der Waals surface area (Å²) in [6.45, 7) is 0. The second kappa shape index (κ2) is 4.93. The third-order valence-electron chi connectivity index (χ3n) is 3.01. The highest BCUT2D eigenvalue weighted by atomic mass is 16.1. The van der Waals surface area contributed by atoms with Crippen LogP contribution in [0.5, 0.6) is 0 Å². The maximum Gasteiger partial charge on any atom is 0.272 e. The Bertz CT molecular complexity index is 836. The molecule has 0 unspecified atom stereocenters. The number of hydrogen-bond donors (Lipinski definition) is 2. The first kappa shape index (κ1) is 12.0. The largest absolute Gasteiger partial charge is 0.305 e. The smallest absolute Gasteiger partial charge is 0.272 e. The summed E-state index contributed by atoms with van der Waals surface area (Å²) in [4.78, 5) is 11.7. The van der Waals surface area contributed by atoms with E-state index in [1.165, 1.54) is 0 Å². The second-order valence-electron chi connectivity index (χ2n) is 4.21. The maximum absolute atomic E-state index is 11.7. The molecule has 3 rings (SSSR count). The molecule has 0 spiro atoms. The van der Waals surface area contributed by atoms with Gasteiger partial charge in [-0.25, -0.2) is 5.10 Å². The third-order valence-corrected chi connectivity index (χ3v) is 3.01. The van der Waals surface area contributed by atoms with E-state index in [2.05, 4.69) is 20.5 Å². The molecule has 3 aromatic rings. The molecule has 0 saturated carbocycles. The van der Waals surface area contributed by atoms with E-state index in [1.54, 1.807) is 18.2 Å². The van der Waals surface area contributed by atoms with E-state index in [0.717, 1.165) is 16.6 Å². The van der Waals surface area contributed by atoms with Crippen molar-refractivity contribution < 1.29 is 0 Å². The Balaban J connectivity index is 2.19. The number of aromatic amines is 1. The van der Waals surface area contributed by atoms with Crippen LogP contribution in [0.15, 0.2) is 63.7 Å². The van der Waals surface area contributed by atoms with E-state index < -0.39 is 0 Å². The van der Waals surface area contributed by atoms with E-state index >= 15 is 0 Å². The molecule has 0 aliphatic heterocycles. The molecule has 0 aliphatic rings. The van der Waals surface area contributed by atoms with Crippen LogP contribution < -0.4 is 11.4 Å². The fourth-order valence-electron chi connectivity index (χ4n) is 2.09. The Kier molecular flexibility index (Phi) is 2.96. The predicted octanol–water partition coefficient (Wildman–Crippen LogP) is 2.55. The lowest BCUT2D eigenvalue weighted by atomic mass is 10.1. The van der Waals surface area contributed by atoms with Crippen molar-refractivity contribution in [1.29, 1.82) is 0 Å². The third kappa shape index (κ3) is 2.03. The molecular weight excluding hydrogens is 254 g/mol. The van der Waals surface area contributed by atoms with Crippen LogP contribution in [0.4, 0.5) is 5.69 Å². The van der Waals surface area contributed by atoms with E-state index in [0.29, 0.717) is 11.1 Å². The lowest BCUT2D eigenvalue weighted by Crippen LogP contribution is -2.09. The van der Waals surface area contributed by atoms with Crippen LogP contribution in [0.25, 0.3) is 22.0 Å². The first-order chi connectivity index (χ1) is 9.79. The van der Waals surface area contributed by atoms with Gasteiger partial charge in [0.15, 0.2) is 0 Å². The molecule has 2 aromatic carbocycles. The number of rotatable bonds is 2. The summed E-state index contributed by atoms with van der Waals surface area (Å²) in [5, 5.41) is 15.0. The van der Waals surface area contributed by atoms with Crippen molar-refractivity contribution in [3.05, 3.63) is 58.9 Å². The number of benzene rings is 2. The summed E-state index contributed by atoms with van der Waals surface area (Å²) in [5.74, 6) is 5.01. The van der Waals surface area contributed by atoms with Crippen LogP contribution in [-0.4, -0.2) is 10.2 Å². The van der Waals surface area contributed by atoms with Gasteiger partial charge in [-0.3, -0.25) is 4.79 Å². The topological polar surface area (TPSA) is 96.5 Å². The van der Waals surface area contributed by atoms with Crippen LogP contribution in [0.1, 0.15) is 0 Å². The van der Waals surface area contributed by atoms with Crippen molar-refractivity contribution >= 4 is 16.5 Å². The summed E-state index contributed by atoms with van der Waals surface area (Å²) in [7, 11) is 0. The summed E-state index contributed by atoms with van der Waals surface area (Å²) >= 11 is 0. The van der Waals surface area contributed by atoms with Crippen LogP contribution in [0.3, 0.4) is 0 Å². The van der Waals surface area contributed by atoms with E-state index in [4.69, 9.17) is 5.84 Å². The monoisotopic (exact) mass is 265 g/mol. The Hall–Kier alpha value is -3.02. The SMILES string of the molecule is NN=Nc1ccc(-c2n[nH]c(=O)c3ccccc23)cc1. The van der Waals surface area contributed by atoms with Gasteiger partial charge in [0, 0.05) is 10.9 Å². The fraction of sp³-hybridized carbons (Fsp3) is 0. The lowest BCUT2D eigenvalue weighted by molar-refractivity contribution is 1.02. The minimum absolute atomic E-state index is 0.196. The molecule has 0 amide bonds. The molecule has 0 atom stereocenters. The van der Waals surface area contributed by atoms with Crippen molar-refractivity contribution in [1.82, 2.24) is 10.2 Å². The molecule has 0 aliphatic carbocycles. The first-order valence-electron chi connectivity index (χ1n) is 5.98. The van der Waals surface area contributed by atoms with Gasteiger partial charge in [-0.15, -0.1) is 5.11 Å². The molecule has 6 heteroatoms. The van der Waals surface area contributed by atoms with Gasteiger partial charge in [-0.1, -0.05) is 35.6 Å². The maximum atomic E-state index is 11.7.